The van der Waals surface area contributed by atoms with Crippen LogP contribution in [0.4, 0.5) is 0 Å². The van der Waals surface area contributed by atoms with Crippen molar-refractivity contribution < 1.29 is 19.1 Å². The van der Waals surface area contributed by atoms with Crippen molar-refractivity contribution >= 4 is 17.8 Å². The second-order valence-corrected chi connectivity index (χ2v) is 7.67. The van der Waals surface area contributed by atoms with Gasteiger partial charge >= 0.3 is 0 Å². The second-order valence-electron chi connectivity index (χ2n) is 7.67. The maximum atomic E-state index is 13.0. The summed E-state index contributed by atoms with van der Waals surface area (Å²) in [6.45, 7) is 9.38. The third kappa shape index (κ3) is 5.14. The number of aryl methyl sites for hydroxylation is 1. The van der Waals surface area contributed by atoms with Crippen LogP contribution >= 0.6 is 0 Å². The average Bonchev–Trinajstić information content (AvgIpc) is 3.38. The molecule has 0 bridgehead atoms. The number of amides is 1. The first-order valence-electron chi connectivity index (χ1n) is 10.7. The summed E-state index contributed by atoms with van der Waals surface area (Å²) in [6.07, 6.45) is 5.17. The van der Waals surface area contributed by atoms with Gasteiger partial charge < -0.3 is 19.3 Å². The van der Waals surface area contributed by atoms with Crippen LogP contribution in [0.2, 0.25) is 0 Å². The molecule has 1 aromatic heterocycles. The van der Waals surface area contributed by atoms with Crippen LogP contribution in [0.5, 0.6) is 0 Å². The van der Waals surface area contributed by atoms with Crippen LogP contribution in [0.3, 0.4) is 0 Å². The number of allylic oxidation sites excluding steroid dienone is 1. The summed E-state index contributed by atoms with van der Waals surface area (Å²) in [6, 6.07) is 10.6. The Morgan fingerprint density at radius 2 is 1.90 bits per heavy atom. The lowest BCUT2D eigenvalue weighted by molar-refractivity contribution is -0.129. The lowest BCUT2D eigenvalue weighted by Crippen LogP contribution is -2.34. The molecule has 2 heterocycles. The number of carbonyl (C=O) groups excluding carboxylic acids is 2. The molecule has 6 heteroatoms. The molecule has 0 spiro atoms. The Morgan fingerprint density at radius 3 is 2.52 bits per heavy atom. The molecular weight excluding hydrogens is 392 g/mol. The van der Waals surface area contributed by atoms with Crippen molar-refractivity contribution in [3.05, 3.63) is 77.0 Å². The van der Waals surface area contributed by atoms with Gasteiger partial charge in [0.05, 0.1) is 17.9 Å². The van der Waals surface area contributed by atoms with Crippen LogP contribution in [0.1, 0.15) is 43.2 Å². The summed E-state index contributed by atoms with van der Waals surface area (Å²) in [7, 11) is 0. The van der Waals surface area contributed by atoms with Gasteiger partial charge in [0.1, 0.15) is 5.76 Å². The zero-order valence-electron chi connectivity index (χ0n) is 18.4. The van der Waals surface area contributed by atoms with E-state index in [0.717, 1.165) is 37.2 Å². The minimum absolute atomic E-state index is 0.111. The fourth-order valence-electron chi connectivity index (χ4n) is 3.87. The molecule has 1 atom stereocenters. The maximum Gasteiger partial charge on any atom is 0.290 e. The predicted octanol–water partition coefficient (Wildman–Crippen LogP) is 4.30. The largest absolute Gasteiger partial charge is 0.503 e. The van der Waals surface area contributed by atoms with E-state index < -0.39 is 23.5 Å². The Balaban J connectivity index is 1.88. The fourth-order valence-corrected chi connectivity index (χ4v) is 3.87. The topological polar surface area (TPSA) is 74.0 Å². The third-order valence-electron chi connectivity index (χ3n) is 5.67. The molecule has 0 saturated carbocycles. The lowest BCUT2D eigenvalue weighted by atomic mass is 9.95. The number of hydrogen-bond donors (Lipinski definition) is 1. The van der Waals surface area contributed by atoms with Gasteiger partial charge in [0.2, 0.25) is 0 Å². The summed E-state index contributed by atoms with van der Waals surface area (Å²) >= 11 is 0. The highest BCUT2D eigenvalue weighted by Gasteiger charge is 2.42. The molecule has 0 radical (unpaired) electrons. The Morgan fingerprint density at radius 1 is 1.19 bits per heavy atom. The Labute approximate surface area is 183 Å². The van der Waals surface area contributed by atoms with E-state index in [0.29, 0.717) is 12.3 Å². The van der Waals surface area contributed by atoms with Crippen molar-refractivity contribution in [3.63, 3.8) is 0 Å². The second kappa shape index (κ2) is 10.3. The molecular formula is C25H30N2O4. The van der Waals surface area contributed by atoms with E-state index >= 15 is 0 Å². The molecule has 2 aromatic rings. The van der Waals surface area contributed by atoms with Crippen molar-refractivity contribution in [2.45, 2.75) is 33.2 Å². The van der Waals surface area contributed by atoms with Gasteiger partial charge in [-0.1, -0.05) is 43.7 Å². The summed E-state index contributed by atoms with van der Waals surface area (Å²) in [5, 5.41) is 10.6. The monoisotopic (exact) mass is 422 g/mol. The number of hydrogen-bond acceptors (Lipinski definition) is 5. The summed E-state index contributed by atoms with van der Waals surface area (Å²) in [4.78, 5) is 29.9. The Hall–Kier alpha value is -3.12. The first-order chi connectivity index (χ1) is 15.0. The molecule has 1 aromatic carbocycles. The molecule has 1 N–H and O–H groups in total. The zero-order chi connectivity index (χ0) is 22.4. The summed E-state index contributed by atoms with van der Waals surface area (Å²) in [5.74, 6) is -0.845. The number of ketones is 1. The van der Waals surface area contributed by atoms with Crippen molar-refractivity contribution in [2.75, 3.05) is 26.2 Å². The lowest BCUT2D eigenvalue weighted by Gasteiger charge is -2.28. The minimum atomic E-state index is -0.612. The summed E-state index contributed by atoms with van der Waals surface area (Å²) < 4.78 is 5.24. The normalized spacial score (nSPS) is 16.8. The van der Waals surface area contributed by atoms with Crippen LogP contribution in [0.25, 0.3) is 6.08 Å². The maximum absolute atomic E-state index is 13.0. The number of furan rings is 1. The number of aliphatic hydroxyl groups excluding tert-OH is 1. The molecule has 164 valence electrons. The molecule has 31 heavy (non-hydrogen) atoms. The number of carbonyl (C=O) groups is 2. The van der Waals surface area contributed by atoms with E-state index in [9.17, 15) is 14.7 Å². The Kier molecular flexibility index (Phi) is 7.47. The molecule has 6 nitrogen and oxygen atoms in total. The van der Waals surface area contributed by atoms with Gasteiger partial charge in [0.15, 0.2) is 11.5 Å². The molecule has 1 amide bonds. The van der Waals surface area contributed by atoms with E-state index in [1.165, 1.54) is 12.3 Å². The zero-order valence-corrected chi connectivity index (χ0v) is 18.4. The highest BCUT2D eigenvalue weighted by molar-refractivity contribution is 6.14. The van der Waals surface area contributed by atoms with Crippen LogP contribution in [0, 0.1) is 6.92 Å². The van der Waals surface area contributed by atoms with Gasteiger partial charge in [-0.2, -0.15) is 0 Å². The minimum Gasteiger partial charge on any atom is -0.503 e. The van der Waals surface area contributed by atoms with Crippen LogP contribution < -0.4 is 0 Å². The first kappa shape index (κ1) is 22.6. The van der Waals surface area contributed by atoms with Crippen LogP contribution in [-0.4, -0.2) is 52.8 Å². The quantitative estimate of drug-likeness (QED) is 0.578. The Bertz CT molecular complexity index is 954. The van der Waals surface area contributed by atoms with Gasteiger partial charge in [0.25, 0.3) is 5.91 Å². The molecule has 0 fully saturated rings. The SMILES string of the molecule is CCN(CC)CCCN1C(=O)C(O)=C(C(=O)/C=C/c2ccco2)C1c1ccc(C)cc1. The fraction of sp³-hybridized carbons (Fsp3) is 0.360. The van der Waals surface area contributed by atoms with E-state index in [-0.39, 0.29) is 5.57 Å². The van der Waals surface area contributed by atoms with Crippen molar-refractivity contribution in [2.24, 2.45) is 0 Å². The van der Waals surface area contributed by atoms with Crippen molar-refractivity contribution in [1.29, 1.82) is 0 Å². The van der Waals surface area contributed by atoms with Crippen LogP contribution in [0.15, 0.2) is 64.5 Å². The highest BCUT2D eigenvalue weighted by atomic mass is 16.3. The van der Waals surface area contributed by atoms with E-state index in [4.69, 9.17) is 4.42 Å². The molecule has 1 aliphatic heterocycles. The first-order valence-corrected chi connectivity index (χ1v) is 10.7. The number of aliphatic hydroxyl groups is 1. The molecule has 1 aliphatic rings. The molecule has 0 saturated heterocycles. The van der Waals surface area contributed by atoms with Crippen LogP contribution in [-0.2, 0) is 9.59 Å². The smallest absolute Gasteiger partial charge is 0.290 e. The molecule has 0 aliphatic carbocycles. The number of benzene rings is 1. The summed E-state index contributed by atoms with van der Waals surface area (Å²) in [5.41, 5.74) is 2.00. The van der Waals surface area contributed by atoms with Gasteiger partial charge in [-0.3, -0.25) is 9.59 Å². The number of rotatable bonds is 10. The molecule has 1 unspecified atom stereocenters. The standard InChI is InChI=1S/C25H30N2O4/c1-4-26(5-2)15-7-16-27-23(19-11-9-18(3)10-12-19)22(24(29)25(27)30)21(28)14-13-20-8-6-17-31-20/h6,8-14,17,23,29H,4-5,7,15-16H2,1-3H3/b14-13+. The van der Waals surface area contributed by atoms with Crippen molar-refractivity contribution in [1.82, 2.24) is 9.80 Å². The van der Waals surface area contributed by atoms with Gasteiger partial charge in [-0.25, -0.2) is 0 Å². The van der Waals surface area contributed by atoms with E-state index in [1.54, 1.807) is 23.1 Å². The van der Waals surface area contributed by atoms with E-state index in [1.807, 2.05) is 31.2 Å². The van der Waals surface area contributed by atoms with Gasteiger partial charge in [-0.05, 0) is 62.8 Å². The van der Waals surface area contributed by atoms with Crippen molar-refractivity contribution in [3.8, 4) is 0 Å². The molecule has 3 rings (SSSR count). The average molecular weight is 423 g/mol. The van der Waals surface area contributed by atoms with Gasteiger partial charge in [-0.15, -0.1) is 0 Å². The number of nitrogens with zero attached hydrogens (tertiary/aromatic N) is 2. The highest BCUT2D eigenvalue weighted by Crippen LogP contribution is 2.38. The van der Waals surface area contributed by atoms with Gasteiger partial charge in [0, 0.05) is 6.54 Å². The predicted molar refractivity (Wildman–Crippen MR) is 120 cm³/mol. The third-order valence-corrected chi connectivity index (χ3v) is 5.67. The van der Waals surface area contributed by atoms with E-state index in [2.05, 4.69) is 18.7 Å².